The van der Waals surface area contributed by atoms with Crippen molar-refractivity contribution in [3.8, 4) is 0 Å². The Morgan fingerprint density at radius 1 is 1.21 bits per heavy atom. The van der Waals surface area contributed by atoms with Crippen LogP contribution in [0.15, 0.2) is 37.4 Å². The van der Waals surface area contributed by atoms with Crippen molar-refractivity contribution in [3.05, 3.63) is 48.6 Å². The van der Waals surface area contributed by atoms with Gasteiger partial charge >= 0.3 is 0 Å². The Hall–Kier alpha value is -1.12. The van der Waals surface area contributed by atoms with Crippen LogP contribution in [0, 0.1) is 0 Å². The first-order valence-electron chi connectivity index (χ1n) is 4.42. The molecule has 0 aliphatic carbocycles. The molecule has 0 N–H and O–H groups in total. The Balaban J connectivity index is 0.000000364. The summed E-state index contributed by atoms with van der Waals surface area (Å²) >= 11 is 0. The molecule has 0 atom stereocenters. The molecule has 1 aromatic carbocycles. The Morgan fingerprint density at radius 2 is 1.57 bits per heavy atom. The molecule has 0 saturated heterocycles. The molecular weight excluding hydrogens is 188 g/mol. The molecule has 0 aliphatic rings. The molecule has 2 heteroatoms. The molecule has 0 spiro atoms. The van der Waals surface area contributed by atoms with E-state index in [1.54, 1.807) is 0 Å². The van der Waals surface area contributed by atoms with Crippen LogP contribution >= 0.6 is 0 Å². The van der Waals surface area contributed by atoms with Gasteiger partial charge < -0.3 is 4.43 Å². The average molecular weight is 203 g/mol. The van der Waals surface area contributed by atoms with Gasteiger partial charge in [-0.25, -0.2) is 0 Å². The van der Waals surface area contributed by atoms with E-state index < -0.39 is 0 Å². The van der Waals surface area contributed by atoms with Crippen molar-refractivity contribution in [2.75, 3.05) is 6.61 Å². The van der Waals surface area contributed by atoms with Crippen LogP contribution in [0.3, 0.4) is 0 Å². The fraction of sp³-hybridized carbons (Fsp3) is 0.167. The molecular formula is C12H15OSi. The normalized spacial score (nSPS) is 8.43. The van der Waals surface area contributed by atoms with Crippen LogP contribution in [0.4, 0.5) is 0 Å². The lowest BCUT2D eigenvalue weighted by Gasteiger charge is -1.96. The first-order chi connectivity index (χ1) is 6.79. The van der Waals surface area contributed by atoms with Gasteiger partial charge in [-0.2, -0.15) is 0 Å². The first kappa shape index (κ1) is 12.9. The molecule has 14 heavy (non-hydrogen) atoms. The van der Waals surface area contributed by atoms with Crippen molar-refractivity contribution in [1.82, 2.24) is 0 Å². The van der Waals surface area contributed by atoms with Crippen molar-refractivity contribution >= 4 is 22.6 Å². The highest BCUT2D eigenvalue weighted by Crippen LogP contribution is 2.10. The van der Waals surface area contributed by atoms with Gasteiger partial charge in [-0.05, 0) is 18.1 Å². The number of benzene rings is 1. The second kappa shape index (κ2) is 8.47. The maximum absolute atomic E-state index is 4.35. The van der Waals surface area contributed by atoms with Gasteiger partial charge in [0.1, 0.15) is 0 Å². The quantitative estimate of drug-likeness (QED) is 0.686. The Kier molecular flexibility index (Phi) is 7.79. The van der Waals surface area contributed by atoms with E-state index in [0.29, 0.717) is 0 Å². The van der Waals surface area contributed by atoms with E-state index in [1.807, 2.05) is 43.3 Å². The molecule has 0 unspecified atom stereocenters. The van der Waals surface area contributed by atoms with E-state index >= 15 is 0 Å². The largest absolute Gasteiger partial charge is 0.419 e. The maximum Gasteiger partial charge on any atom is 0.246 e. The zero-order valence-electron chi connectivity index (χ0n) is 8.49. The van der Waals surface area contributed by atoms with Crippen molar-refractivity contribution in [3.63, 3.8) is 0 Å². The van der Waals surface area contributed by atoms with Crippen molar-refractivity contribution in [2.45, 2.75) is 6.92 Å². The average Bonchev–Trinajstić information content (AvgIpc) is 2.29. The Labute approximate surface area is 89.7 Å². The topological polar surface area (TPSA) is 9.23 Å². The zero-order chi connectivity index (χ0) is 10.8. The lowest BCUT2D eigenvalue weighted by atomic mass is 10.1. The maximum atomic E-state index is 4.35. The monoisotopic (exact) mass is 203 g/mol. The van der Waals surface area contributed by atoms with Crippen molar-refractivity contribution < 1.29 is 4.43 Å². The highest BCUT2D eigenvalue weighted by molar-refractivity contribution is 5.97. The van der Waals surface area contributed by atoms with Crippen molar-refractivity contribution in [1.29, 1.82) is 0 Å². The standard InChI is InChI=1S/C10H10.C2H5OSi/c1-3-9-7-5-6-8-10(9)4-2;1-2-3-4/h3-8H,1-2H2;2H2,1H3. The van der Waals surface area contributed by atoms with Crippen LogP contribution < -0.4 is 0 Å². The van der Waals surface area contributed by atoms with Gasteiger partial charge in [-0.1, -0.05) is 49.6 Å². The summed E-state index contributed by atoms with van der Waals surface area (Å²) in [6.07, 6.45) is 3.66. The second-order valence-corrected chi connectivity index (χ2v) is 2.76. The molecule has 0 bridgehead atoms. The molecule has 1 nitrogen and oxygen atoms in total. The third kappa shape index (κ3) is 4.79. The lowest BCUT2D eigenvalue weighted by molar-refractivity contribution is 0.375. The number of rotatable bonds is 3. The second-order valence-electron chi connectivity index (χ2n) is 2.47. The Morgan fingerprint density at radius 3 is 1.79 bits per heavy atom. The molecule has 3 radical (unpaired) electrons. The smallest absolute Gasteiger partial charge is 0.246 e. The van der Waals surface area contributed by atoms with E-state index in [4.69, 9.17) is 0 Å². The summed E-state index contributed by atoms with van der Waals surface area (Å²) in [5, 5.41) is 0. The van der Waals surface area contributed by atoms with Gasteiger partial charge in [0.2, 0.25) is 10.5 Å². The summed E-state index contributed by atoms with van der Waals surface area (Å²) in [4.78, 5) is 0. The minimum absolute atomic E-state index is 0.733. The summed E-state index contributed by atoms with van der Waals surface area (Å²) in [5.41, 5.74) is 2.27. The summed E-state index contributed by atoms with van der Waals surface area (Å²) in [6.45, 7) is 10.0. The third-order valence-corrected chi connectivity index (χ3v) is 1.87. The number of hydrogen-bond donors (Lipinski definition) is 0. The predicted molar refractivity (Wildman–Crippen MR) is 64.0 cm³/mol. The van der Waals surface area contributed by atoms with Crippen LogP contribution in [0.25, 0.3) is 12.2 Å². The van der Waals surface area contributed by atoms with Gasteiger partial charge in [0.05, 0.1) is 0 Å². The molecule has 0 saturated carbocycles. The van der Waals surface area contributed by atoms with Gasteiger partial charge in [0, 0.05) is 6.61 Å². The van der Waals surface area contributed by atoms with E-state index in [2.05, 4.69) is 28.1 Å². The van der Waals surface area contributed by atoms with E-state index in [9.17, 15) is 0 Å². The summed E-state index contributed by atoms with van der Waals surface area (Å²) in [5.74, 6) is 0. The summed E-state index contributed by atoms with van der Waals surface area (Å²) < 4.78 is 4.35. The molecule has 0 fully saturated rings. The van der Waals surface area contributed by atoms with Crippen LogP contribution in [-0.2, 0) is 4.43 Å². The van der Waals surface area contributed by atoms with Crippen LogP contribution in [-0.4, -0.2) is 17.1 Å². The SMILES string of the molecule is C=Cc1ccccc1C=C.CCO[Si]. The summed E-state index contributed by atoms with van der Waals surface area (Å²) in [7, 11) is 2.79. The molecule has 0 aliphatic heterocycles. The van der Waals surface area contributed by atoms with Gasteiger partial charge in [-0.15, -0.1) is 0 Å². The van der Waals surface area contributed by atoms with E-state index in [-0.39, 0.29) is 0 Å². The van der Waals surface area contributed by atoms with Crippen LogP contribution in [0.5, 0.6) is 0 Å². The molecule has 73 valence electrons. The molecule has 0 amide bonds. The molecule has 1 aromatic rings. The molecule has 0 heterocycles. The third-order valence-electron chi connectivity index (χ3n) is 1.58. The minimum Gasteiger partial charge on any atom is -0.419 e. The van der Waals surface area contributed by atoms with Gasteiger partial charge in [0.15, 0.2) is 0 Å². The van der Waals surface area contributed by atoms with Crippen LogP contribution in [0.2, 0.25) is 0 Å². The first-order valence-corrected chi connectivity index (χ1v) is 4.83. The Bertz CT molecular complexity index is 252. The van der Waals surface area contributed by atoms with Gasteiger partial charge in [0.25, 0.3) is 0 Å². The molecule has 1 rings (SSSR count). The van der Waals surface area contributed by atoms with E-state index in [0.717, 1.165) is 17.7 Å². The minimum atomic E-state index is 0.733. The highest BCUT2D eigenvalue weighted by atomic mass is 28.2. The number of hydrogen-bond acceptors (Lipinski definition) is 1. The summed E-state index contributed by atoms with van der Waals surface area (Å²) in [6, 6.07) is 8.02. The fourth-order valence-corrected chi connectivity index (χ4v) is 0.883. The van der Waals surface area contributed by atoms with Crippen molar-refractivity contribution in [2.24, 2.45) is 0 Å². The van der Waals surface area contributed by atoms with E-state index in [1.165, 1.54) is 0 Å². The van der Waals surface area contributed by atoms with Crippen LogP contribution in [0.1, 0.15) is 18.1 Å². The lowest BCUT2D eigenvalue weighted by Crippen LogP contribution is -1.76. The molecule has 0 aromatic heterocycles. The zero-order valence-corrected chi connectivity index (χ0v) is 9.49. The van der Waals surface area contributed by atoms with Gasteiger partial charge in [-0.3, -0.25) is 0 Å². The highest BCUT2D eigenvalue weighted by Gasteiger charge is 1.89. The fourth-order valence-electron chi connectivity index (χ4n) is 0.883. The predicted octanol–water partition coefficient (Wildman–Crippen LogP) is 3.08.